The molecule has 0 aliphatic rings. The van der Waals surface area contributed by atoms with Crippen molar-refractivity contribution >= 4 is 5.97 Å². The maximum Gasteiger partial charge on any atom is 0.339 e. The van der Waals surface area contributed by atoms with E-state index in [9.17, 15) is 9.18 Å². The van der Waals surface area contributed by atoms with Crippen molar-refractivity contribution in [2.75, 3.05) is 6.61 Å². The fraction of sp³-hybridized carbons (Fsp3) is 0.231. The summed E-state index contributed by atoms with van der Waals surface area (Å²) in [4.78, 5) is 15.0. The number of carboxylic acid groups (broad SMARTS) is 1. The van der Waals surface area contributed by atoms with Crippen LogP contribution in [0, 0.1) is 12.7 Å². The first-order valence-corrected chi connectivity index (χ1v) is 5.71. The summed E-state index contributed by atoms with van der Waals surface area (Å²) in [7, 11) is 0. The molecule has 100 valence electrons. The van der Waals surface area contributed by atoms with Crippen molar-refractivity contribution in [3.05, 3.63) is 47.8 Å². The monoisotopic (exact) mass is 264 g/mol. The molecular weight excluding hydrogens is 251 g/mol. The first-order valence-electron chi connectivity index (χ1n) is 5.71. The lowest BCUT2D eigenvalue weighted by Gasteiger charge is -2.10. The first kappa shape index (κ1) is 13.1. The van der Waals surface area contributed by atoms with Crippen molar-refractivity contribution in [1.82, 2.24) is 9.55 Å². The van der Waals surface area contributed by atoms with Gasteiger partial charge in [-0.25, -0.2) is 14.2 Å². The van der Waals surface area contributed by atoms with Crippen LogP contribution in [-0.4, -0.2) is 27.2 Å². The van der Waals surface area contributed by atoms with Gasteiger partial charge in [0.2, 0.25) is 0 Å². The number of carboxylic acids is 1. The minimum Gasteiger partial charge on any atom is -0.491 e. The van der Waals surface area contributed by atoms with Crippen LogP contribution in [0.4, 0.5) is 4.39 Å². The second-order valence-corrected chi connectivity index (χ2v) is 3.96. The average Bonchev–Trinajstić information content (AvgIpc) is 2.77. The number of carbonyl (C=O) groups is 1. The summed E-state index contributed by atoms with van der Waals surface area (Å²) in [6, 6.07) is 3.43. The Balaban J connectivity index is 2.03. The summed E-state index contributed by atoms with van der Waals surface area (Å²) >= 11 is 0. The Bertz CT molecular complexity index is 595. The minimum atomic E-state index is -1.21. The van der Waals surface area contributed by atoms with Crippen molar-refractivity contribution in [2.45, 2.75) is 13.5 Å². The second-order valence-electron chi connectivity index (χ2n) is 3.96. The quantitative estimate of drug-likeness (QED) is 0.898. The molecule has 0 fully saturated rings. The fourth-order valence-electron chi connectivity index (χ4n) is 1.69. The van der Waals surface area contributed by atoms with Gasteiger partial charge in [-0.05, 0) is 25.1 Å². The van der Waals surface area contributed by atoms with Gasteiger partial charge in [-0.3, -0.25) is 0 Å². The number of ether oxygens (including phenoxy) is 1. The van der Waals surface area contributed by atoms with E-state index in [-0.39, 0.29) is 17.9 Å². The Kier molecular flexibility index (Phi) is 3.79. The first-order chi connectivity index (χ1) is 9.08. The summed E-state index contributed by atoms with van der Waals surface area (Å²) in [5.41, 5.74) is -0.178. The number of halogens is 1. The normalized spacial score (nSPS) is 10.4. The molecule has 0 aliphatic carbocycles. The molecule has 1 aromatic heterocycles. The van der Waals surface area contributed by atoms with Gasteiger partial charge in [-0.1, -0.05) is 0 Å². The molecule has 5 nitrogen and oxygen atoms in total. The third kappa shape index (κ3) is 3.09. The molecule has 0 spiro atoms. The van der Waals surface area contributed by atoms with Crippen LogP contribution >= 0.6 is 0 Å². The fourth-order valence-corrected chi connectivity index (χ4v) is 1.69. The van der Waals surface area contributed by atoms with E-state index < -0.39 is 11.8 Å². The van der Waals surface area contributed by atoms with Crippen LogP contribution in [-0.2, 0) is 6.54 Å². The number of nitrogens with zero attached hydrogens (tertiary/aromatic N) is 2. The maximum atomic E-state index is 13.0. The zero-order chi connectivity index (χ0) is 13.8. The van der Waals surface area contributed by atoms with Crippen molar-refractivity contribution in [3.8, 4) is 5.75 Å². The summed E-state index contributed by atoms with van der Waals surface area (Å²) < 4.78 is 20.2. The van der Waals surface area contributed by atoms with Crippen LogP contribution in [0.25, 0.3) is 0 Å². The van der Waals surface area contributed by atoms with Crippen molar-refractivity contribution in [2.24, 2.45) is 0 Å². The molecular formula is C13H13FN2O3. The summed E-state index contributed by atoms with van der Waals surface area (Å²) in [5, 5.41) is 8.96. The largest absolute Gasteiger partial charge is 0.491 e. The Morgan fingerprint density at radius 2 is 2.32 bits per heavy atom. The highest BCUT2D eigenvalue weighted by molar-refractivity contribution is 5.90. The molecule has 19 heavy (non-hydrogen) atoms. The van der Waals surface area contributed by atoms with E-state index in [1.165, 1.54) is 12.1 Å². The number of hydrogen-bond acceptors (Lipinski definition) is 3. The van der Waals surface area contributed by atoms with E-state index in [0.29, 0.717) is 6.54 Å². The smallest absolute Gasteiger partial charge is 0.339 e. The lowest BCUT2D eigenvalue weighted by atomic mass is 10.2. The predicted octanol–water partition coefficient (Wildman–Crippen LogP) is 2.11. The van der Waals surface area contributed by atoms with Crippen molar-refractivity contribution < 1.29 is 19.0 Å². The van der Waals surface area contributed by atoms with Gasteiger partial charge in [0.25, 0.3) is 0 Å². The van der Waals surface area contributed by atoms with Crippen molar-refractivity contribution in [3.63, 3.8) is 0 Å². The number of aromatic nitrogens is 2. The Hall–Kier alpha value is -2.37. The van der Waals surface area contributed by atoms with Gasteiger partial charge < -0.3 is 14.4 Å². The zero-order valence-electron chi connectivity index (χ0n) is 10.3. The van der Waals surface area contributed by atoms with Crippen molar-refractivity contribution in [1.29, 1.82) is 0 Å². The van der Waals surface area contributed by atoms with Gasteiger partial charge in [0.15, 0.2) is 0 Å². The highest BCUT2D eigenvalue weighted by Crippen LogP contribution is 2.19. The molecule has 0 atom stereocenters. The predicted molar refractivity (Wildman–Crippen MR) is 65.8 cm³/mol. The summed E-state index contributed by atoms with van der Waals surface area (Å²) in [5.74, 6) is -0.809. The number of aromatic carboxylic acids is 1. The highest BCUT2D eigenvalue weighted by atomic mass is 19.1. The molecule has 0 amide bonds. The second kappa shape index (κ2) is 5.51. The third-order valence-corrected chi connectivity index (χ3v) is 2.69. The molecule has 6 heteroatoms. The number of hydrogen-bond donors (Lipinski definition) is 1. The molecule has 0 bridgehead atoms. The van der Waals surface area contributed by atoms with Crippen LogP contribution in [0.5, 0.6) is 5.75 Å². The molecule has 2 aromatic rings. The van der Waals surface area contributed by atoms with Crippen LogP contribution in [0.1, 0.15) is 16.2 Å². The maximum absolute atomic E-state index is 13.0. The molecule has 1 heterocycles. The van der Waals surface area contributed by atoms with Gasteiger partial charge in [-0.2, -0.15) is 0 Å². The highest BCUT2D eigenvalue weighted by Gasteiger charge is 2.12. The number of benzene rings is 1. The molecule has 0 unspecified atom stereocenters. The van der Waals surface area contributed by atoms with Crippen LogP contribution in [0.2, 0.25) is 0 Å². The zero-order valence-corrected chi connectivity index (χ0v) is 10.3. The standard InChI is InChI=1S/C13H13FN2O3/c1-9-15-4-5-16(9)6-7-19-12-3-2-10(14)8-11(12)13(17)18/h2-5,8H,6-7H2,1H3,(H,17,18). The third-order valence-electron chi connectivity index (χ3n) is 2.69. The molecule has 0 saturated heterocycles. The average molecular weight is 264 g/mol. The van der Waals surface area contributed by atoms with Crippen LogP contribution in [0.15, 0.2) is 30.6 Å². The Labute approximate surface area is 109 Å². The SMILES string of the molecule is Cc1nccn1CCOc1ccc(F)cc1C(=O)O. The van der Waals surface area contributed by atoms with Gasteiger partial charge in [0.1, 0.15) is 29.6 Å². The molecule has 0 aliphatic heterocycles. The number of rotatable bonds is 5. The van der Waals surface area contributed by atoms with E-state index >= 15 is 0 Å². The van der Waals surface area contributed by atoms with E-state index in [1.807, 2.05) is 17.7 Å². The Morgan fingerprint density at radius 1 is 1.53 bits per heavy atom. The van der Waals surface area contributed by atoms with E-state index in [1.54, 1.807) is 6.20 Å². The van der Waals surface area contributed by atoms with E-state index in [2.05, 4.69) is 4.98 Å². The minimum absolute atomic E-state index is 0.159. The number of aryl methyl sites for hydroxylation is 1. The van der Waals surface area contributed by atoms with Crippen LogP contribution < -0.4 is 4.74 Å². The summed E-state index contributed by atoms with van der Waals surface area (Å²) in [6.07, 6.45) is 3.48. The van der Waals surface area contributed by atoms with Gasteiger partial charge in [-0.15, -0.1) is 0 Å². The lowest BCUT2D eigenvalue weighted by molar-refractivity contribution is 0.0691. The van der Waals surface area contributed by atoms with E-state index in [4.69, 9.17) is 9.84 Å². The van der Waals surface area contributed by atoms with Crippen LogP contribution in [0.3, 0.4) is 0 Å². The number of imidazole rings is 1. The van der Waals surface area contributed by atoms with E-state index in [0.717, 1.165) is 11.9 Å². The topological polar surface area (TPSA) is 64.4 Å². The molecule has 1 aromatic carbocycles. The van der Waals surface area contributed by atoms with Gasteiger partial charge >= 0.3 is 5.97 Å². The van der Waals surface area contributed by atoms with Gasteiger partial charge in [0, 0.05) is 12.4 Å². The molecule has 0 saturated carbocycles. The lowest BCUT2D eigenvalue weighted by Crippen LogP contribution is -2.11. The molecule has 1 N–H and O–H groups in total. The summed E-state index contributed by atoms with van der Waals surface area (Å²) in [6.45, 7) is 2.69. The molecule has 0 radical (unpaired) electrons. The van der Waals surface area contributed by atoms with Gasteiger partial charge in [0.05, 0.1) is 6.54 Å². The Morgan fingerprint density at radius 3 is 2.95 bits per heavy atom. The molecule has 2 rings (SSSR count).